The van der Waals surface area contributed by atoms with E-state index in [1.165, 1.54) is 24.3 Å². The van der Waals surface area contributed by atoms with Crippen LogP contribution in [-0.4, -0.2) is 47.7 Å². The molecule has 0 radical (unpaired) electrons. The van der Waals surface area contributed by atoms with Crippen LogP contribution in [0.1, 0.15) is 27.2 Å². The summed E-state index contributed by atoms with van der Waals surface area (Å²) in [5.41, 5.74) is 3.71. The van der Waals surface area contributed by atoms with Crippen LogP contribution in [0.25, 0.3) is 5.52 Å². The van der Waals surface area contributed by atoms with Crippen molar-refractivity contribution in [3.05, 3.63) is 76.9 Å². The molecule has 6 heteroatoms. The summed E-state index contributed by atoms with van der Waals surface area (Å²) in [6.45, 7) is 4.76. The summed E-state index contributed by atoms with van der Waals surface area (Å²) < 4.78 is 20.4. The van der Waals surface area contributed by atoms with Gasteiger partial charge in [0.2, 0.25) is 5.78 Å². The second kappa shape index (κ2) is 7.32. The number of ether oxygens (including phenoxy) is 1. The van der Waals surface area contributed by atoms with Crippen LogP contribution >= 0.6 is 0 Å². The molecule has 1 aliphatic heterocycles. The highest BCUT2D eigenvalue weighted by molar-refractivity contribution is 6.11. The largest absolute Gasteiger partial charge is 0.378 e. The van der Waals surface area contributed by atoms with E-state index in [2.05, 4.69) is 5.10 Å². The minimum absolute atomic E-state index is 0.139. The summed E-state index contributed by atoms with van der Waals surface area (Å²) in [7, 11) is 0. The molecule has 0 aliphatic carbocycles. The Morgan fingerprint density at radius 2 is 1.89 bits per heavy atom. The van der Waals surface area contributed by atoms with Crippen molar-refractivity contribution in [2.45, 2.75) is 6.92 Å². The molecule has 1 aromatic carbocycles. The van der Waals surface area contributed by atoms with Gasteiger partial charge in [-0.1, -0.05) is 6.07 Å². The van der Waals surface area contributed by atoms with Crippen LogP contribution < -0.4 is 0 Å². The third kappa shape index (κ3) is 3.36. The van der Waals surface area contributed by atoms with Crippen LogP contribution in [0.5, 0.6) is 0 Å². The van der Waals surface area contributed by atoms with Gasteiger partial charge < -0.3 is 9.14 Å². The molecule has 1 fully saturated rings. The fourth-order valence-corrected chi connectivity index (χ4v) is 3.35. The molecular formula is C21H20FN3O2. The van der Waals surface area contributed by atoms with Crippen molar-refractivity contribution in [3.63, 3.8) is 0 Å². The summed E-state index contributed by atoms with van der Waals surface area (Å²) >= 11 is 0. The molecule has 0 atom stereocenters. The predicted molar refractivity (Wildman–Crippen MR) is 102 cm³/mol. The summed E-state index contributed by atoms with van der Waals surface area (Å²) in [6, 6.07) is 11.4. The maximum Gasteiger partial charge on any atom is 0.210 e. The molecule has 138 valence electrons. The molecule has 2 aromatic heterocycles. The van der Waals surface area contributed by atoms with Crippen LogP contribution in [0.15, 0.2) is 53.8 Å². The van der Waals surface area contributed by atoms with E-state index in [1.54, 1.807) is 0 Å². The number of fused-ring (bicyclic) bond motifs is 1. The molecular weight excluding hydrogens is 345 g/mol. The summed E-state index contributed by atoms with van der Waals surface area (Å²) in [4.78, 5) is 13.1. The van der Waals surface area contributed by atoms with Crippen LogP contribution in [0.2, 0.25) is 0 Å². The Balaban J connectivity index is 1.77. The van der Waals surface area contributed by atoms with Gasteiger partial charge in [-0.15, -0.1) is 0 Å². The first-order chi connectivity index (χ1) is 13.1. The molecule has 0 spiro atoms. The van der Waals surface area contributed by atoms with Crippen molar-refractivity contribution in [2.24, 2.45) is 5.10 Å². The topological polar surface area (TPSA) is 46.3 Å². The zero-order chi connectivity index (χ0) is 18.8. The number of rotatable bonds is 4. The molecule has 3 heterocycles. The number of aromatic nitrogens is 1. The van der Waals surface area contributed by atoms with E-state index in [-0.39, 0.29) is 11.6 Å². The van der Waals surface area contributed by atoms with E-state index in [0.29, 0.717) is 24.5 Å². The molecule has 0 amide bonds. The summed E-state index contributed by atoms with van der Waals surface area (Å²) in [5, 5.41) is 6.54. The molecule has 27 heavy (non-hydrogen) atoms. The van der Waals surface area contributed by atoms with Crippen molar-refractivity contribution < 1.29 is 13.9 Å². The van der Waals surface area contributed by atoms with E-state index in [4.69, 9.17) is 4.74 Å². The van der Waals surface area contributed by atoms with Crippen LogP contribution in [0.4, 0.5) is 4.39 Å². The SMILES string of the molecule is Cc1c(/C=N/N2CCOCC2)c2ccccn2c1C(=O)c1ccc(F)cc1. The van der Waals surface area contributed by atoms with Gasteiger partial charge in [0.25, 0.3) is 0 Å². The Morgan fingerprint density at radius 1 is 1.15 bits per heavy atom. The Kier molecular flexibility index (Phi) is 4.73. The number of pyridine rings is 1. The maximum absolute atomic E-state index is 13.2. The van der Waals surface area contributed by atoms with Gasteiger partial charge in [-0.3, -0.25) is 9.80 Å². The van der Waals surface area contributed by atoms with Crippen LogP contribution in [0, 0.1) is 12.7 Å². The number of hydrazone groups is 1. The molecule has 0 saturated carbocycles. The Hall–Kier alpha value is -2.99. The number of carbonyl (C=O) groups is 1. The second-order valence-electron chi connectivity index (χ2n) is 6.49. The van der Waals surface area contributed by atoms with Gasteiger partial charge in [0.05, 0.1) is 43.7 Å². The lowest BCUT2D eigenvalue weighted by molar-refractivity contribution is 0.0397. The van der Waals surface area contributed by atoms with Crippen molar-refractivity contribution in [2.75, 3.05) is 26.3 Å². The van der Waals surface area contributed by atoms with E-state index < -0.39 is 0 Å². The van der Waals surface area contributed by atoms with Gasteiger partial charge in [0.15, 0.2) is 0 Å². The first kappa shape index (κ1) is 17.4. The van der Waals surface area contributed by atoms with Gasteiger partial charge >= 0.3 is 0 Å². The van der Waals surface area contributed by atoms with Crippen molar-refractivity contribution in [1.29, 1.82) is 0 Å². The highest BCUT2D eigenvalue weighted by atomic mass is 19.1. The second-order valence-corrected chi connectivity index (χ2v) is 6.49. The molecule has 4 rings (SSSR count). The zero-order valence-corrected chi connectivity index (χ0v) is 15.1. The molecule has 5 nitrogen and oxygen atoms in total. The zero-order valence-electron chi connectivity index (χ0n) is 15.1. The predicted octanol–water partition coefficient (Wildman–Crippen LogP) is 3.28. The molecule has 0 bridgehead atoms. The van der Waals surface area contributed by atoms with E-state index in [1.807, 2.05) is 46.9 Å². The smallest absolute Gasteiger partial charge is 0.210 e. The number of ketones is 1. The van der Waals surface area contributed by atoms with Crippen molar-refractivity contribution >= 4 is 17.5 Å². The molecule has 0 N–H and O–H groups in total. The Labute approximate surface area is 156 Å². The number of hydrogen-bond acceptors (Lipinski definition) is 4. The van der Waals surface area contributed by atoms with E-state index >= 15 is 0 Å². The highest BCUT2D eigenvalue weighted by Crippen LogP contribution is 2.24. The summed E-state index contributed by atoms with van der Waals surface area (Å²) in [5.74, 6) is -0.499. The minimum atomic E-state index is -0.360. The lowest BCUT2D eigenvalue weighted by Gasteiger charge is -2.23. The standard InChI is InChI=1S/C21H20FN3O2/c1-15-18(14-23-24-10-12-27-13-11-24)19-4-2-3-9-25(19)20(15)21(26)16-5-7-17(22)8-6-16/h2-9,14H,10-13H2,1H3/b23-14+. The fourth-order valence-electron chi connectivity index (χ4n) is 3.35. The maximum atomic E-state index is 13.2. The highest BCUT2D eigenvalue weighted by Gasteiger charge is 2.21. The Bertz CT molecular complexity index is 1000. The number of benzene rings is 1. The van der Waals surface area contributed by atoms with Gasteiger partial charge in [0.1, 0.15) is 5.82 Å². The summed E-state index contributed by atoms with van der Waals surface area (Å²) in [6.07, 6.45) is 3.68. The third-order valence-electron chi connectivity index (χ3n) is 4.80. The van der Waals surface area contributed by atoms with Gasteiger partial charge in [0, 0.05) is 17.3 Å². The average Bonchev–Trinajstić information content (AvgIpc) is 2.98. The number of nitrogens with zero attached hydrogens (tertiary/aromatic N) is 3. The fraction of sp³-hybridized carbons (Fsp3) is 0.238. The number of morpholine rings is 1. The van der Waals surface area contributed by atoms with Crippen LogP contribution in [0.3, 0.4) is 0 Å². The lowest BCUT2D eigenvalue weighted by atomic mass is 10.0. The number of hydrogen-bond donors (Lipinski definition) is 0. The van der Waals surface area contributed by atoms with Gasteiger partial charge in [-0.25, -0.2) is 4.39 Å². The molecule has 3 aromatic rings. The Morgan fingerprint density at radius 3 is 2.63 bits per heavy atom. The molecule has 1 saturated heterocycles. The van der Waals surface area contributed by atoms with Gasteiger partial charge in [-0.05, 0) is 48.9 Å². The van der Waals surface area contributed by atoms with Crippen molar-refractivity contribution in [1.82, 2.24) is 9.41 Å². The molecule has 0 unspecified atom stereocenters. The number of halogens is 1. The van der Waals surface area contributed by atoms with Gasteiger partial charge in [-0.2, -0.15) is 5.10 Å². The monoisotopic (exact) mass is 365 g/mol. The third-order valence-corrected chi connectivity index (χ3v) is 4.80. The van der Waals surface area contributed by atoms with Crippen LogP contribution in [-0.2, 0) is 4.74 Å². The normalized spacial score (nSPS) is 15.0. The van der Waals surface area contributed by atoms with E-state index in [9.17, 15) is 9.18 Å². The molecule has 1 aliphatic rings. The average molecular weight is 365 g/mol. The first-order valence-electron chi connectivity index (χ1n) is 8.92. The van der Waals surface area contributed by atoms with Crippen molar-refractivity contribution in [3.8, 4) is 0 Å². The minimum Gasteiger partial charge on any atom is -0.378 e. The van der Waals surface area contributed by atoms with E-state index in [0.717, 1.165) is 29.7 Å². The lowest BCUT2D eigenvalue weighted by Crippen LogP contribution is -2.32. The number of carbonyl (C=O) groups excluding carboxylic acids is 1. The quantitative estimate of drug-likeness (QED) is 0.527. The first-order valence-corrected chi connectivity index (χ1v) is 8.92.